The number of rotatable bonds is 8. The average Bonchev–Trinajstić information content (AvgIpc) is 3.19. The van der Waals surface area contributed by atoms with Crippen molar-refractivity contribution in [3.63, 3.8) is 0 Å². The number of anilines is 2. The van der Waals surface area contributed by atoms with Gasteiger partial charge in [-0.2, -0.15) is 0 Å². The molecule has 4 rings (SSSR count). The Balaban J connectivity index is 1.72. The lowest BCUT2D eigenvalue weighted by Crippen LogP contribution is -2.32. The SMILES string of the molecule is CCC(=O)N(CCCN)c1ccc(N=C(c2ccccc2)C2C(=O)Nc3ccccc32)cc1. The van der Waals surface area contributed by atoms with Crippen LogP contribution < -0.4 is 16.0 Å². The zero-order chi connectivity index (χ0) is 23.2. The molecule has 6 heteroatoms. The fourth-order valence-electron chi connectivity index (χ4n) is 4.07. The van der Waals surface area contributed by atoms with Gasteiger partial charge in [-0.25, -0.2) is 0 Å². The first kappa shape index (κ1) is 22.4. The number of nitrogens with one attached hydrogen (secondary N) is 1. The van der Waals surface area contributed by atoms with Crippen LogP contribution in [0.2, 0.25) is 0 Å². The maximum Gasteiger partial charge on any atom is 0.238 e. The molecule has 3 aromatic carbocycles. The number of carbonyl (C=O) groups is 2. The van der Waals surface area contributed by atoms with Crippen LogP contribution in [-0.2, 0) is 9.59 Å². The number of nitrogens with zero attached hydrogens (tertiary/aromatic N) is 2. The minimum absolute atomic E-state index is 0.0592. The number of para-hydroxylation sites is 1. The molecule has 0 aromatic heterocycles. The molecule has 3 N–H and O–H groups in total. The van der Waals surface area contributed by atoms with Gasteiger partial charge >= 0.3 is 0 Å². The molecule has 168 valence electrons. The van der Waals surface area contributed by atoms with Crippen LogP contribution >= 0.6 is 0 Å². The van der Waals surface area contributed by atoms with Crippen LogP contribution in [0.15, 0.2) is 83.9 Å². The zero-order valence-electron chi connectivity index (χ0n) is 18.7. The Hall–Kier alpha value is -3.77. The van der Waals surface area contributed by atoms with Crippen LogP contribution in [-0.4, -0.2) is 30.6 Å². The van der Waals surface area contributed by atoms with Crippen molar-refractivity contribution in [3.05, 3.63) is 90.0 Å². The number of hydrogen-bond donors (Lipinski definition) is 2. The van der Waals surface area contributed by atoms with E-state index < -0.39 is 5.92 Å². The predicted molar refractivity (Wildman–Crippen MR) is 133 cm³/mol. The molecule has 6 nitrogen and oxygen atoms in total. The monoisotopic (exact) mass is 440 g/mol. The van der Waals surface area contributed by atoms with Crippen molar-refractivity contribution < 1.29 is 9.59 Å². The molecular formula is C27H28N4O2. The van der Waals surface area contributed by atoms with E-state index in [1.807, 2.05) is 85.8 Å². The van der Waals surface area contributed by atoms with E-state index in [1.165, 1.54) is 0 Å². The molecule has 3 aromatic rings. The minimum atomic E-state index is -0.494. The smallest absolute Gasteiger partial charge is 0.238 e. The van der Waals surface area contributed by atoms with Gasteiger partial charge in [-0.1, -0.05) is 55.5 Å². The summed E-state index contributed by atoms with van der Waals surface area (Å²) in [5.41, 5.74) is 10.5. The van der Waals surface area contributed by atoms with Gasteiger partial charge in [-0.3, -0.25) is 14.6 Å². The average molecular weight is 441 g/mol. The highest BCUT2D eigenvalue weighted by Gasteiger charge is 2.35. The van der Waals surface area contributed by atoms with Crippen molar-refractivity contribution in [1.82, 2.24) is 0 Å². The lowest BCUT2D eigenvalue weighted by Gasteiger charge is -2.22. The zero-order valence-corrected chi connectivity index (χ0v) is 18.7. The fraction of sp³-hybridized carbons (Fsp3) is 0.222. The topological polar surface area (TPSA) is 87.8 Å². The van der Waals surface area contributed by atoms with Gasteiger partial charge in [0.05, 0.1) is 11.4 Å². The molecule has 0 radical (unpaired) electrons. The number of fused-ring (bicyclic) bond motifs is 1. The highest BCUT2D eigenvalue weighted by Crippen LogP contribution is 2.36. The first-order chi connectivity index (χ1) is 16.1. The summed E-state index contributed by atoms with van der Waals surface area (Å²) in [5, 5.41) is 2.97. The van der Waals surface area contributed by atoms with Crippen molar-refractivity contribution in [2.75, 3.05) is 23.3 Å². The summed E-state index contributed by atoms with van der Waals surface area (Å²) in [6, 6.07) is 25.0. The van der Waals surface area contributed by atoms with Gasteiger partial charge < -0.3 is 16.0 Å². The number of hydrogen-bond acceptors (Lipinski definition) is 4. The van der Waals surface area contributed by atoms with Crippen molar-refractivity contribution >= 4 is 34.6 Å². The fourth-order valence-corrected chi connectivity index (χ4v) is 4.07. The van der Waals surface area contributed by atoms with E-state index in [-0.39, 0.29) is 11.8 Å². The molecular weight excluding hydrogens is 412 g/mol. The van der Waals surface area contributed by atoms with Gasteiger partial charge in [0.15, 0.2) is 0 Å². The number of nitrogens with two attached hydrogens (primary N) is 1. The number of aliphatic imine (C=N–C) groups is 1. The Kier molecular flexibility index (Phi) is 6.95. The second-order valence-corrected chi connectivity index (χ2v) is 7.93. The van der Waals surface area contributed by atoms with Gasteiger partial charge in [0.1, 0.15) is 5.92 Å². The summed E-state index contributed by atoms with van der Waals surface area (Å²) in [6.07, 6.45) is 1.17. The van der Waals surface area contributed by atoms with E-state index >= 15 is 0 Å². The molecule has 1 aliphatic rings. The van der Waals surface area contributed by atoms with Gasteiger partial charge in [-0.05, 0) is 54.4 Å². The van der Waals surface area contributed by atoms with Crippen LogP contribution in [0.4, 0.5) is 17.1 Å². The van der Waals surface area contributed by atoms with E-state index in [1.54, 1.807) is 4.90 Å². The van der Waals surface area contributed by atoms with Crippen molar-refractivity contribution in [2.24, 2.45) is 10.7 Å². The Morgan fingerprint density at radius 3 is 2.39 bits per heavy atom. The lowest BCUT2D eigenvalue weighted by molar-refractivity contribution is -0.118. The number of carbonyl (C=O) groups excluding carboxylic acids is 2. The maximum atomic E-state index is 12.9. The largest absolute Gasteiger partial charge is 0.330 e. The third-order valence-corrected chi connectivity index (χ3v) is 5.74. The Labute approximate surface area is 194 Å². The predicted octanol–water partition coefficient (Wildman–Crippen LogP) is 4.64. The Morgan fingerprint density at radius 1 is 1.00 bits per heavy atom. The molecule has 1 atom stereocenters. The summed E-state index contributed by atoms with van der Waals surface area (Å²) in [5.74, 6) is -0.521. The third kappa shape index (κ3) is 4.86. The Morgan fingerprint density at radius 2 is 1.70 bits per heavy atom. The van der Waals surface area contributed by atoms with Crippen molar-refractivity contribution in [2.45, 2.75) is 25.7 Å². The van der Waals surface area contributed by atoms with Gasteiger partial charge in [0.25, 0.3) is 0 Å². The standard InChI is InChI=1S/C27H28N4O2/c1-2-24(32)31(18-8-17-28)21-15-13-20(14-16-21)29-26(19-9-4-3-5-10-19)25-22-11-6-7-12-23(22)30-27(25)33/h3-7,9-16,25H,2,8,17-18,28H2,1H3,(H,30,33). The molecule has 1 unspecified atom stereocenters. The van der Waals surface area contributed by atoms with Crippen LogP contribution in [0, 0.1) is 0 Å². The minimum Gasteiger partial charge on any atom is -0.330 e. The van der Waals surface area contributed by atoms with Gasteiger partial charge in [-0.15, -0.1) is 0 Å². The van der Waals surface area contributed by atoms with E-state index in [2.05, 4.69) is 5.32 Å². The molecule has 2 amide bonds. The summed E-state index contributed by atoms with van der Waals surface area (Å²) in [7, 11) is 0. The summed E-state index contributed by atoms with van der Waals surface area (Å²) < 4.78 is 0. The van der Waals surface area contributed by atoms with Crippen molar-refractivity contribution in [1.29, 1.82) is 0 Å². The van der Waals surface area contributed by atoms with E-state index in [4.69, 9.17) is 10.7 Å². The van der Waals surface area contributed by atoms with Gasteiger partial charge in [0.2, 0.25) is 11.8 Å². The Bertz CT molecular complexity index is 1160. The molecule has 33 heavy (non-hydrogen) atoms. The number of amides is 2. The van der Waals surface area contributed by atoms with Gasteiger partial charge in [0, 0.05) is 24.3 Å². The normalized spacial score (nSPS) is 15.2. The van der Waals surface area contributed by atoms with Crippen LogP contribution in [0.5, 0.6) is 0 Å². The summed E-state index contributed by atoms with van der Waals surface area (Å²) in [4.78, 5) is 32.0. The van der Waals surface area contributed by atoms with E-state index in [0.717, 1.165) is 34.6 Å². The van der Waals surface area contributed by atoms with E-state index in [0.29, 0.717) is 25.2 Å². The summed E-state index contributed by atoms with van der Waals surface area (Å²) in [6.45, 7) is 2.97. The highest BCUT2D eigenvalue weighted by atomic mass is 16.2. The first-order valence-corrected chi connectivity index (χ1v) is 11.3. The molecule has 0 fully saturated rings. The number of benzene rings is 3. The maximum absolute atomic E-state index is 12.9. The van der Waals surface area contributed by atoms with Crippen molar-refractivity contribution in [3.8, 4) is 0 Å². The van der Waals surface area contributed by atoms with Crippen LogP contribution in [0.3, 0.4) is 0 Å². The molecule has 0 bridgehead atoms. The molecule has 0 aliphatic carbocycles. The molecule has 0 saturated carbocycles. The molecule has 1 aliphatic heterocycles. The summed E-state index contributed by atoms with van der Waals surface area (Å²) >= 11 is 0. The molecule has 0 spiro atoms. The molecule has 0 saturated heterocycles. The first-order valence-electron chi connectivity index (χ1n) is 11.3. The van der Waals surface area contributed by atoms with E-state index in [9.17, 15) is 9.59 Å². The lowest BCUT2D eigenvalue weighted by atomic mass is 9.90. The third-order valence-electron chi connectivity index (χ3n) is 5.74. The highest BCUT2D eigenvalue weighted by molar-refractivity contribution is 6.24. The van der Waals surface area contributed by atoms with Crippen LogP contribution in [0.1, 0.15) is 36.8 Å². The van der Waals surface area contributed by atoms with Crippen LogP contribution in [0.25, 0.3) is 0 Å². The second-order valence-electron chi connectivity index (χ2n) is 7.93. The second kappa shape index (κ2) is 10.2. The quantitative estimate of drug-likeness (QED) is 0.501. The molecule has 1 heterocycles.